The van der Waals surface area contributed by atoms with Gasteiger partial charge in [-0.2, -0.15) is 4.98 Å². The number of hydrogen-bond acceptors (Lipinski definition) is 7. The Labute approximate surface area is 207 Å². The number of aromatic nitrogens is 5. The monoisotopic (exact) mass is 521 g/mol. The number of amides is 1. The molecule has 1 saturated heterocycles. The lowest BCUT2D eigenvalue weighted by molar-refractivity contribution is -0.136. The number of anilines is 1. The molecular formula is C23H23F4N7O3. The minimum Gasteiger partial charge on any atom is -0.479 e. The van der Waals surface area contributed by atoms with Crippen LogP contribution in [0.4, 0.5) is 23.5 Å². The highest BCUT2D eigenvalue weighted by atomic mass is 19.3. The number of ether oxygens (including phenoxy) is 1. The molecule has 0 unspecified atom stereocenters. The summed E-state index contributed by atoms with van der Waals surface area (Å²) < 4.78 is 63.6. The first-order chi connectivity index (χ1) is 17.8. The number of halogens is 4. The van der Waals surface area contributed by atoms with Gasteiger partial charge in [-0.15, -0.1) is 5.10 Å². The Kier molecular flexibility index (Phi) is 6.58. The van der Waals surface area contributed by atoms with Crippen molar-refractivity contribution in [2.24, 2.45) is 0 Å². The van der Waals surface area contributed by atoms with E-state index in [1.54, 1.807) is 18.3 Å². The summed E-state index contributed by atoms with van der Waals surface area (Å²) in [4.78, 5) is 21.2. The Hall–Kier alpha value is -3.94. The standard InChI is InChI=1S/C23H23F4N7O3/c1-37-22-21-13(12-6-14(24)20-17(7-12)33(11-28-20)9-18(26)27)2-5-34(21)31-23(30-22)29-16-3-4-32(8-15(16)25)19(36)10-35/h2,5-7,11,15-16,18,35H,3-4,8-10H2,1H3,(H,29,31)/t15-,16+/m1/s1. The van der Waals surface area contributed by atoms with E-state index in [-0.39, 0.29) is 42.4 Å². The number of carbonyl (C=O) groups excluding carboxylic acids is 1. The average Bonchev–Trinajstić information content (AvgIpc) is 3.48. The number of nitrogens with one attached hydrogen (secondary N) is 1. The Morgan fingerprint density at radius 3 is 2.86 bits per heavy atom. The Morgan fingerprint density at radius 1 is 1.35 bits per heavy atom. The van der Waals surface area contributed by atoms with Gasteiger partial charge >= 0.3 is 0 Å². The summed E-state index contributed by atoms with van der Waals surface area (Å²) >= 11 is 0. The number of rotatable bonds is 7. The molecule has 1 aliphatic heterocycles. The van der Waals surface area contributed by atoms with E-state index < -0.39 is 43.5 Å². The van der Waals surface area contributed by atoms with Crippen LogP contribution in [-0.4, -0.2) is 85.5 Å². The molecule has 2 N–H and O–H groups in total. The van der Waals surface area contributed by atoms with E-state index in [4.69, 9.17) is 9.84 Å². The number of benzene rings is 1. The summed E-state index contributed by atoms with van der Waals surface area (Å²) in [5, 5.41) is 16.3. The van der Waals surface area contributed by atoms with Crippen LogP contribution < -0.4 is 10.1 Å². The lowest BCUT2D eigenvalue weighted by atomic mass is 10.0. The van der Waals surface area contributed by atoms with Gasteiger partial charge in [-0.1, -0.05) is 0 Å². The smallest absolute Gasteiger partial charge is 0.256 e. The van der Waals surface area contributed by atoms with Crippen LogP contribution in [0.5, 0.6) is 5.88 Å². The van der Waals surface area contributed by atoms with Gasteiger partial charge in [-0.25, -0.2) is 27.1 Å². The summed E-state index contributed by atoms with van der Waals surface area (Å²) in [7, 11) is 1.39. The van der Waals surface area contributed by atoms with Crippen LogP contribution in [0.15, 0.2) is 30.7 Å². The summed E-state index contributed by atoms with van der Waals surface area (Å²) in [5.74, 6) is -0.995. The number of imidazole rings is 1. The van der Waals surface area contributed by atoms with Crippen LogP contribution in [0.3, 0.4) is 0 Å². The quantitative estimate of drug-likeness (QED) is 0.360. The Balaban J connectivity index is 1.47. The van der Waals surface area contributed by atoms with Crippen molar-refractivity contribution in [1.29, 1.82) is 0 Å². The van der Waals surface area contributed by atoms with E-state index in [1.165, 1.54) is 33.5 Å². The van der Waals surface area contributed by atoms with Crippen molar-refractivity contribution < 1.29 is 32.2 Å². The van der Waals surface area contributed by atoms with Gasteiger partial charge in [0.05, 0.1) is 38.1 Å². The molecule has 0 bridgehead atoms. The minimum atomic E-state index is -2.63. The molecule has 1 amide bonds. The number of piperidine rings is 1. The van der Waals surface area contributed by atoms with Crippen LogP contribution in [-0.2, 0) is 11.3 Å². The maximum absolute atomic E-state index is 14.8. The fraction of sp³-hybridized carbons (Fsp3) is 0.391. The van der Waals surface area contributed by atoms with Crippen LogP contribution >= 0.6 is 0 Å². The molecule has 14 heteroatoms. The molecule has 0 saturated carbocycles. The zero-order valence-corrected chi connectivity index (χ0v) is 19.6. The number of carbonyl (C=O) groups is 1. The molecule has 0 aliphatic carbocycles. The van der Waals surface area contributed by atoms with Gasteiger partial charge in [0.25, 0.3) is 6.43 Å². The Morgan fingerprint density at radius 2 is 2.16 bits per heavy atom. The van der Waals surface area contributed by atoms with Gasteiger partial charge in [-0.05, 0) is 30.2 Å². The number of aliphatic hydroxyl groups is 1. The van der Waals surface area contributed by atoms with Crippen molar-refractivity contribution in [3.8, 4) is 17.0 Å². The van der Waals surface area contributed by atoms with Crippen LogP contribution in [0.2, 0.25) is 0 Å². The summed E-state index contributed by atoms with van der Waals surface area (Å²) in [5.41, 5.74) is 1.47. The second-order valence-electron chi connectivity index (χ2n) is 8.63. The van der Waals surface area contributed by atoms with E-state index in [1.807, 2.05) is 0 Å². The normalized spacial score (nSPS) is 18.2. The molecular weight excluding hydrogens is 498 g/mol. The first-order valence-corrected chi connectivity index (χ1v) is 11.4. The van der Waals surface area contributed by atoms with E-state index in [0.29, 0.717) is 16.6 Å². The summed E-state index contributed by atoms with van der Waals surface area (Å²) in [6.45, 7) is -1.20. The van der Waals surface area contributed by atoms with Crippen molar-refractivity contribution >= 4 is 28.4 Å². The number of aliphatic hydroxyl groups excluding tert-OH is 1. The molecule has 3 aromatic heterocycles. The van der Waals surface area contributed by atoms with E-state index in [9.17, 15) is 22.4 Å². The van der Waals surface area contributed by atoms with Crippen LogP contribution in [0, 0.1) is 5.82 Å². The molecule has 1 aliphatic rings. The van der Waals surface area contributed by atoms with E-state index in [0.717, 1.165) is 0 Å². The first-order valence-electron chi connectivity index (χ1n) is 11.4. The van der Waals surface area contributed by atoms with Crippen molar-refractivity contribution in [3.63, 3.8) is 0 Å². The van der Waals surface area contributed by atoms with Gasteiger partial charge in [0.1, 0.15) is 23.8 Å². The van der Waals surface area contributed by atoms with Gasteiger partial charge in [0.15, 0.2) is 5.82 Å². The second kappa shape index (κ2) is 9.84. The molecule has 196 valence electrons. The SMILES string of the molecule is COc1nc(N[C@H]2CCN(C(=O)CO)C[C@H]2F)nn2ccc(-c3cc(F)c4ncn(CC(F)F)c4c3)c12. The van der Waals surface area contributed by atoms with Gasteiger partial charge < -0.3 is 24.6 Å². The van der Waals surface area contributed by atoms with Gasteiger partial charge in [-0.3, -0.25) is 4.79 Å². The lowest BCUT2D eigenvalue weighted by Gasteiger charge is -2.34. The van der Waals surface area contributed by atoms with Crippen molar-refractivity contribution in [3.05, 3.63) is 36.5 Å². The molecule has 4 heterocycles. The average molecular weight is 521 g/mol. The fourth-order valence-corrected chi connectivity index (χ4v) is 4.56. The van der Waals surface area contributed by atoms with Crippen LogP contribution in [0.25, 0.3) is 27.7 Å². The Bertz CT molecular complexity index is 1460. The van der Waals surface area contributed by atoms with E-state index >= 15 is 0 Å². The number of nitrogens with zero attached hydrogens (tertiary/aromatic N) is 6. The predicted molar refractivity (Wildman–Crippen MR) is 125 cm³/mol. The third kappa shape index (κ3) is 4.63. The largest absolute Gasteiger partial charge is 0.479 e. The maximum atomic E-state index is 14.8. The number of alkyl halides is 3. The topological polar surface area (TPSA) is 110 Å². The van der Waals surface area contributed by atoms with Gasteiger partial charge in [0, 0.05) is 18.3 Å². The molecule has 0 spiro atoms. The highest BCUT2D eigenvalue weighted by molar-refractivity contribution is 5.90. The highest BCUT2D eigenvalue weighted by Crippen LogP contribution is 2.34. The summed E-state index contributed by atoms with van der Waals surface area (Å²) in [6.07, 6.45) is -1.01. The molecule has 5 rings (SSSR count). The number of methoxy groups -OCH3 is 1. The molecule has 4 aromatic rings. The zero-order valence-electron chi connectivity index (χ0n) is 19.6. The second-order valence-corrected chi connectivity index (χ2v) is 8.63. The first kappa shape index (κ1) is 24.7. The predicted octanol–water partition coefficient (Wildman–Crippen LogP) is 2.50. The third-order valence-electron chi connectivity index (χ3n) is 6.34. The van der Waals surface area contributed by atoms with E-state index in [2.05, 4.69) is 20.4 Å². The summed E-state index contributed by atoms with van der Waals surface area (Å²) in [6, 6.07) is 3.79. The fourth-order valence-electron chi connectivity index (χ4n) is 4.56. The molecule has 2 atom stereocenters. The third-order valence-corrected chi connectivity index (χ3v) is 6.34. The van der Waals surface area contributed by atoms with Crippen molar-refractivity contribution in [2.45, 2.75) is 31.6 Å². The van der Waals surface area contributed by atoms with Gasteiger partial charge in [0.2, 0.25) is 17.7 Å². The van der Waals surface area contributed by atoms with Crippen LogP contribution in [0.1, 0.15) is 6.42 Å². The zero-order chi connectivity index (χ0) is 26.3. The number of hydrogen-bond donors (Lipinski definition) is 2. The number of fused-ring (bicyclic) bond motifs is 2. The lowest BCUT2D eigenvalue weighted by Crippen LogP contribution is -2.50. The van der Waals surface area contributed by atoms with Crippen molar-refractivity contribution in [1.82, 2.24) is 29.0 Å². The molecule has 1 fully saturated rings. The molecule has 37 heavy (non-hydrogen) atoms. The number of likely N-dealkylation sites (tertiary alicyclic amines) is 1. The maximum Gasteiger partial charge on any atom is 0.256 e. The molecule has 1 aromatic carbocycles. The minimum absolute atomic E-state index is 0.0184. The molecule has 0 radical (unpaired) electrons. The van der Waals surface area contributed by atoms with Crippen molar-refractivity contribution in [2.75, 3.05) is 32.1 Å². The highest BCUT2D eigenvalue weighted by Gasteiger charge is 2.32. The molecule has 10 nitrogen and oxygen atoms in total.